The predicted octanol–water partition coefficient (Wildman–Crippen LogP) is 12.7. The summed E-state index contributed by atoms with van der Waals surface area (Å²) >= 11 is 0. The summed E-state index contributed by atoms with van der Waals surface area (Å²) in [5.74, 6) is 0.726. The van der Waals surface area contributed by atoms with E-state index < -0.39 is 0 Å². The summed E-state index contributed by atoms with van der Waals surface area (Å²) in [7, 11) is 0. The van der Waals surface area contributed by atoms with E-state index in [9.17, 15) is 0 Å². The summed E-state index contributed by atoms with van der Waals surface area (Å²) in [5.41, 5.74) is 22.1. The van der Waals surface area contributed by atoms with Crippen molar-refractivity contribution in [2.24, 2.45) is 0 Å². The van der Waals surface area contributed by atoms with Crippen molar-refractivity contribution >= 4 is 66.4 Å². The summed E-state index contributed by atoms with van der Waals surface area (Å²) < 4.78 is 7.00. The molecule has 0 atom stereocenters. The number of benzene rings is 7. The zero-order valence-corrected chi connectivity index (χ0v) is 30.0. The molecule has 4 heteroatoms. The molecule has 0 radical (unpaired) electrons. The van der Waals surface area contributed by atoms with Crippen molar-refractivity contribution in [3.63, 3.8) is 0 Å². The number of anilines is 1. The Morgan fingerprint density at radius 2 is 0.962 bits per heavy atom. The first-order valence-electron chi connectivity index (χ1n) is 18.3. The molecule has 0 saturated carbocycles. The topological polar surface area (TPSA) is 40.8 Å². The van der Waals surface area contributed by atoms with E-state index in [1.807, 2.05) is 6.92 Å². The molecule has 3 aromatic heterocycles. The molecule has 0 aliphatic heterocycles. The average Bonchev–Trinajstić information content (AvgIpc) is 3.79. The van der Waals surface area contributed by atoms with Crippen molar-refractivity contribution in [3.8, 4) is 28.2 Å². The van der Waals surface area contributed by atoms with E-state index in [0.29, 0.717) is 0 Å². The second-order valence-electron chi connectivity index (χ2n) is 14.2. The molecular weight excluding hydrogens is 645 g/mol. The molecule has 0 bridgehead atoms. The Labute approximate surface area is 308 Å². The standard InChI is InChI=1S/C49H38N4/c1-4-11-39-42-28-34(33-12-6-5-7-13-33)20-24-48(42)53(49(39)50)36-15-10-14-35(29-36)51-44-17-9-8-16-38(44)43-30-37(21-25-47(43)51)52-45-22-18-31(2)26-40(45)41-27-32(3)19-23-46(41)52/h4-30H,50H2,1-3H3/b11-4-. The molecule has 0 fully saturated rings. The van der Waals surface area contributed by atoms with Crippen LogP contribution in [0.15, 0.2) is 158 Å². The van der Waals surface area contributed by atoms with Gasteiger partial charge in [-0.1, -0.05) is 96.1 Å². The van der Waals surface area contributed by atoms with E-state index in [2.05, 4.69) is 191 Å². The Morgan fingerprint density at radius 1 is 0.415 bits per heavy atom. The van der Waals surface area contributed by atoms with E-state index in [1.165, 1.54) is 54.8 Å². The number of fused-ring (bicyclic) bond motifs is 7. The highest BCUT2D eigenvalue weighted by Gasteiger charge is 2.19. The van der Waals surface area contributed by atoms with Gasteiger partial charge in [0.15, 0.2) is 0 Å². The van der Waals surface area contributed by atoms with Crippen LogP contribution in [0.3, 0.4) is 0 Å². The zero-order chi connectivity index (χ0) is 35.8. The lowest BCUT2D eigenvalue weighted by Crippen LogP contribution is -2.02. The van der Waals surface area contributed by atoms with Crippen LogP contribution >= 0.6 is 0 Å². The van der Waals surface area contributed by atoms with Crippen LogP contribution in [0.1, 0.15) is 23.6 Å². The van der Waals surface area contributed by atoms with Crippen molar-refractivity contribution in [2.75, 3.05) is 5.73 Å². The quantitative estimate of drug-likeness (QED) is 0.193. The lowest BCUT2D eigenvalue weighted by Gasteiger charge is -2.13. The summed E-state index contributed by atoms with van der Waals surface area (Å²) in [6, 6.07) is 55.2. The van der Waals surface area contributed by atoms with Crippen molar-refractivity contribution in [2.45, 2.75) is 20.8 Å². The summed E-state index contributed by atoms with van der Waals surface area (Å²) in [5, 5.41) is 6.14. The Balaban J connectivity index is 1.16. The molecule has 0 aliphatic rings. The molecule has 10 rings (SSSR count). The normalized spacial score (nSPS) is 12.1. The SMILES string of the molecule is C/C=C\c1c(N)n(-c2cccc(-n3c4ccccc4c4cc(-n5c6ccc(C)cc6c6cc(C)ccc65)ccc43)c2)c2ccc(-c3ccccc3)cc12. The van der Waals surface area contributed by atoms with Gasteiger partial charge in [0.2, 0.25) is 0 Å². The van der Waals surface area contributed by atoms with Gasteiger partial charge in [-0.25, -0.2) is 0 Å². The Morgan fingerprint density at radius 3 is 1.66 bits per heavy atom. The second kappa shape index (κ2) is 11.9. The molecule has 7 aromatic carbocycles. The van der Waals surface area contributed by atoms with Crippen LogP contribution in [-0.2, 0) is 0 Å². The summed E-state index contributed by atoms with van der Waals surface area (Å²) in [6.07, 6.45) is 4.19. The van der Waals surface area contributed by atoms with Gasteiger partial charge < -0.3 is 14.9 Å². The molecule has 3 heterocycles. The minimum absolute atomic E-state index is 0.726. The number of hydrogen-bond acceptors (Lipinski definition) is 1. The van der Waals surface area contributed by atoms with Crippen LogP contribution in [-0.4, -0.2) is 13.7 Å². The van der Waals surface area contributed by atoms with E-state index in [0.717, 1.165) is 50.4 Å². The Hall–Kier alpha value is -6.78. The van der Waals surface area contributed by atoms with Gasteiger partial charge in [-0.15, -0.1) is 0 Å². The maximum absolute atomic E-state index is 7.03. The molecule has 0 saturated heterocycles. The van der Waals surface area contributed by atoms with Gasteiger partial charge >= 0.3 is 0 Å². The van der Waals surface area contributed by atoms with Crippen LogP contribution in [0.2, 0.25) is 0 Å². The lowest BCUT2D eigenvalue weighted by molar-refractivity contribution is 1.11. The highest BCUT2D eigenvalue weighted by Crippen LogP contribution is 2.39. The van der Waals surface area contributed by atoms with Gasteiger partial charge in [0.05, 0.1) is 27.6 Å². The fourth-order valence-electron chi connectivity index (χ4n) is 8.44. The summed E-state index contributed by atoms with van der Waals surface area (Å²) in [6.45, 7) is 6.38. The molecule has 53 heavy (non-hydrogen) atoms. The number of aromatic nitrogens is 3. The van der Waals surface area contributed by atoms with E-state index in [1.54, 1.807) is 0 Å². The third-order valence-electron chi connectivity index (χ3n) is 10.8. The van der Waals surface area contributed by atoms with E-state index in [-0.39, 0.29) is 0 Å². The van der Waals surface area contributed by atoms with E-state index >= 15 is 0 Å². The first-order chi connectivity index (χ1) is 26.0. The van der Waals surface area contributed by atoms with Crippen LogP contribution in [0.4, 0.5) is 5.82 Å². The number of rotatable bonds is 5. The van der Waals surface area contributed by atoms with Crippen molar-refractivity contribution < 1.29 is 0 Å². The van der Waals surface area contributed by atoms with Crippen LogP contribution in [0.5, 0.6) is 0 Å². The first-order valence-corrected chi connectivity index (χ1v) is 18.3. The number of nitrogens with two attached hydrogens (primary N) is 1. The van der Waals surface area contributed by atoms with Crippen LogP contribution in [0.25, 0.3) is 88.8 Å². The van der Waals surface area contributed by atoms with Gasteiger partial charge in [-0.2, -0.15) is 0 Å². The molecule has 4 nitrogen and oxygen atoms in total. The molecule has 0 aliphatic carbocycles. The Kier molecular flexibility index (Phi) is 6.96. The van der Waals surface area contributed by atoms with Crippen LogP contribution in [0, 0.1) is 13.8 Å². The number of aryl methyl sites for hydroxylation is 2. The Bertz CT molecular complexity index is 3040. The molecular formula is C49H38N4. The van der Waals surface area contributed by atoms with Crippen molar-refractivity contribution in [1.29, 1.82) is 0 Å². The number of nitrogen functional groups attached to an aromatic ring is 1. The second-order valence-corrected chi connectivity index (χ2v) is 14.2. The fourth-order valence-corrected chi connectivity index (χ4v) is 8.44. The van der Waals surface area contributed by atoms with E-state index in [4.69, 9.17) is 5.73 Å². The molecule has 0 amide bonds. The maximum Gasteiger partial charge on any atom is 0.116 e. The highest BCUT2D eigenvalue weighted by molar-refractivity contribution is 6.12. The third-order valence-corrected chi connectivity index (χ3v) is 10.8. The molecule has 0 unspecified atom stereocenters. The maximum atomic E-state index is 7.03. The lowest BCUT2D eigenvalue weighted by atomic mass is 10.0. The molecule has 0 spiro atoms. The van der Waals surface area contributed by atoms with Gasteiger partial charge in [-0.05, 0) is 111 Å². The highest BCUT2D eigenvalue weighted by atomic mass is 15.1. The average molecular weight is 683 g/mol. The smallest absolute Gasteiger partial charge is 0.116 e. The number of allylic oxidation sites excluding steroid dienone is 1. The predicted molar refractivity (Wildman–Crippen MR) is 226 cm³/mol. The van der Waals surface area contributed by atoms with Crippen LogP contribution < -0.4 is 5.73 Å². The van der Waals surface area contributed by atoms with Crippen molar-refractivity contribution in [3.05, 3.63) is 174 Å². The molecule has 10 aromatic rings. The molecule has 2 N–H and O–H groups in total. The minimum Gasteiger partial charge on any atom is -0.384 e. The number of hydrogen-bond donors (Lipinski definition) is 1. The molecule has 254 valence electrons. The van der Waals surface area contributed by atoms with Crippen molar-refractivity contribution in [1.82, 2.24) is 13.7 Å². The van der Waals surface area contributed by atoms with Gasteiger partial charge in [0.1, 0.15) is 5.82 Å². The van der Waals surface area contributed by atoms with Gasteiger partial charge in [-0.3, -0.25) is 4.57 Å². The number of nitrogens with zero attached hydrogens (tertiary/aromatic N) is 3. The van der Waals surface area contributed by atoms with Gasteiger partial charge in [0.25, 0.3) is 0 Å². The zero-order valence-electron chi connectivity index (χ0n) is 30.0. The number of para-hydroxylation sites is 1. The summed E-state index contributed by atoms with van der Waals surface area (Å²) in [4.78, 5) is 0. The largest absolute Gasteiger partial charge is 0.384 e. The fraction of sp³-hybridized carbons (Fsp3) is 0.0612. The third kappa shape index (κ3) is 4.76. The first kappa shape index (κ1) is 31.0. The monoisotopic (exact) mass is 682 g/mol. The minimum atomic E-state index is 0.726. The van der Waals surface area contributed by atoms with Gasteiger partial charge in [0, 0.05) is 49.6 Å².